The first-order valence-corrected chi connectivity index (χ1v) is 10.8. The van der Waals surface area contributed by atoms with Gasteiger partial charge in [0.05, 0.1) is 11.2 Å². The summed E-state index contributed by atoms with van der Waals surface area (Å²) >= 11 is 0. The first-order chi connectivity index (χ1) is 14.3. The molecule has 1 aliphatic heterocycles. The predicted octanol–water partition coefficient (Wildman–Crippen LogP) is 3.74. The maximum absolute atomic E-state index is 9.58. The van der Waals surface area contributed by atoms with Gasteiger partial charge in [-0.1, -0.05) is 54.6 Å². The van der Waals surface area contributed by atoms with Crippen LogP contribution in [0.3, 0.4) is 0 Å². The molecule has 0 saturated carbocycles. The number of aromatic nitrogens is 1. The Morgan fingerprint density at radius 1 is 0.931 bits per heavy atom. The second-order valence-electron chi connectivity index (χ2n) is 8.02. The van der Waals surface area contributed by atoms with Crippen LogP contribution in [0.4, 0.5) is 0 Å². The fourth-order valence-corrected chi connectivity index (χ4v) is 4.37. The quantitative estimate of drug-likeness (QED) is 0.637. The summed E-state index contributed by atoms with van der Waals surface area (Å²) in [6.45, 7) is 5.35. The van der Waals surface area contributed by atoms with Gasteiger partial charge in [0.25, 0.3) is 0 Å². The van der Waals surface area contributed by atoms with Gasteiger partial charge in [-0.25, -0.2) is 0 Å². The van der Waals surface area contributed by atoms with Crippen molar-refractivity contribution in [2.75, 3.05) is 32.8 Å². The van der Waals surface area contributed by atoms with E-state index < -0.39 is 0 Å². The van der Waals surface area contributed by atoms with Gasteiger partial charge >= 0.3 is 0 Å². The minimum Gasteiger partial charge on any atom is -0.396 e. The number of hydrogen-bond donors (Lipinski definition) is 1. The standard InChI is InChI=1S/C25H31N3O/c29-18-14-24-20-27(19-23-13-12-22-10-4-5-11-25(22)26-23)16-17-28(24)15-6-9-21-7-2-1-3-8-21/h1-5,7-8,10-13,24,29H,6,9,14-20H2. The van der Waals surface area contributed by atoms with Crippen LogP contribution >= 0.6 is 0 Å². The molecule has 1 aromatic heterocycles. The molecule has 4 nitrogen and oxygen atoms in total. The number of para-hydroxylation sites is 1. The van der Waals surface area contributed by atoms with Crippen molar-refractivity contribution in [3.63, 3.8) is 0 Å². The lowest BCUT2D eigenvalue weighted by Crippen LogP contribution is -2.53. The molecule has 4 heteroatoms. The van der Waals surface area contributed by atoms with E-state index in [9.17, 15) is 5.11 Å². The normalized spacial score (nSPS) is 18.3. The second-order valence-corrected chi connectivity index (χ2v) is 8.02. The van der Waals surface area contributed by atoms with E-state index in [1.165, 1.54) is 10.9 Å². The summed E-state index contributed by atoms with van der Waals surface area (Å²) in [4.78, 5) is 9.90. The van der Waals surface area contributed by atoms with Crippen molar-refractivity contribution in [1.29, 1.82) is 0 Å². The molecule has 2 heterocycles. The van der Waals surface area contributed by atoms with Crippen LogP contribution in [0.5, 0.6) is 0 Å². The minimum absolute atomic E-state index is 0.252. The maximum atomic E-state index is 9.58. The van der Waals surface area contributed by atoms with Crippen LogP contribution in [0.25, 0.3) is 10.9 Å². The zero-order valence-electron chi connectivity index (χ0n) is 17.1. The van der Waals surface area contributed by atoms with E-state index in [0.29, 0.717) is 6.04 Å². The molecular formula is C25H31N3O. The van der Waals surface area contributed by atoms with Gasteiger partial charge in [-0.2, -0.15) is 0 Å². The molecule has 0 amide bonds. The van der Waals surface area contributed by atoms with Crippen molar-refractivity contribution in [2.45, 2.75) is 31.8 Å². The lowest BCUT2D eigenvalue weighted by Gasteiger charge is -2.41. The van der Waals surface area contributed by atoms with Gasteiger partial charge in [-0.3, -0.25) is 14.8 Å². The van der Waals surface area contributed by atoms with E-state index in [2.05, 4.69) is 70.5 Å². The molecule has 1 atom stereocenters. The monoisotopic (exact) mass is 389 g/mol. The molecule has 2 aromatic carbocycles. The molecule has 152 valence electrons. The number of aliphatic hydroxyl groups is 1. The van der Waals surface area contributed by atoms with E-state index in [0.717, 1.165) is 63.2 Å². The number of piperazine rings is 1. The Morgan fingerprint density at radius 2 is 1.76 bits per heavy atom. The highest BCUT2D eigenvalue weighted by Gasteiger charge is 2.26. The number of benzene rings is 2. The predicted molar refractivity (Wildman–Crippen MR) is 119 cm³/mol. The average Bonchev–Trinajstić information content (AvgIpc) is 2.76. The van der Waals surface area contributed by atoms with Gasteiger partial charge < -0.3 is 5.11 Å². The fraction of sp³-hybridized carbons (Fsp3) is 0.400. The molecule has 4 rings (SSSR count). The summed E-state index contributed by atoms with van der Waals surface area (Å²) in [7, 11) is 0. The third kappa shape index (κ3) is 5.41. The van der Waals surface area contributed by atoms with Crippen LogP contribution in [0, 0.1) is 0 Å². The van der Waals surface area contributed by atoms with Crippen molar-refractivity contribution in [3.8, 4) is 0 Å². The Bertz CT molecular complexity index is 899. The van der Waals surface area contributed by atoms with E-state index >= 15 is 0 Å². The first-order valence-electron chi connectivity index (χ1n) is 10.8. The lowest BCUT2D eigenvalue weighted by molar-refractivity contribution is 0.0541. The first kappa shape index (κ1) is 20.0. The van der Waals surface area contributed by atoms with Crippen LogP contribution in [0.2, 0.25) is 0 Å². The van der Waals surface area contributed by atoms with E-state index in [1.807, 2.05) is 6.07 Å². The smallest absolute Gasteiger partial charge is 0.0705 e. The molecule has 0 spiro atoms. The number of aliphatic hydroxyl groups excluding tert-OH is 1. The molecule has 1 unspecified atom stereocenters. The Labute approximate surface area is 173 Å². The maximum Gasteiger partial charge on any atom is 0.0705 e. The molecule has 3 aromatic rings. The molecule has 1 saturated heterocycles. The Kier molecular flexibility index (Phi) is 6.88. The summed E-state index contributed by atoms with van der Waals surface area (Å²) in [6.07, 6.45) is 3.12. The van der Waals surface area contributed by atoms with Crippen molar-refractivity contribution in [1.82, 2.24) is 14.8 Å². The van der Waals surface area contributed by atoms with Crippen molar-refractivity contribution < 1.29 is 5.11 Å². The summed E-state index contributed by atoms with van der Waals surface area (Å²) in [5, 5.41) is 10.8. The molecular weight excluding hydrogens is 358 g/mol. The Balaban J connectivity index is 1.33. The number of pyridine rings is 1. The molecule has 1 fully saturated rings. The lowest BCUT2D eigenvalue weighted by atomic mass is 10.1. The highest BCUT2D eigenvalue weighted by molar-refractivity contribution is 5.78. The highest BCUT2D eigenvalue weighted by atomic mass is 16.3. The van der Waals surface area contributed by atoms with Gasteiger partial charge in [-0.05, 0) is 43.5 Å². The van der Waals surface area contributed by atoms with Gasteiger partial charge in [0, 0.05) is 44.2 Å². The summed E-state index contributed by atoms with van der Waals surface area (Å²) in [5.41, 5.74) is 3.60. The highest BCUT2D eigenvalue weighted by Crippen LogP contribution is 2.18. The van der Waals surface area contributed by atoms with E-state index in [-0.39, 0.29) is 6.61 Å². The van der Waals surface area contributed by atoms with E-state index in [1.54, 1.807) is 0 Å². The van der Waals surface area contributed by atoms with Crippen LogP contribution in [0.1, 0.15) is 24.1 Å². The number of hydrogen-bond acceptors (Lipinski definition) is 4. The number of aryl methyl sites for hydroxylation is 1. The van der Waals surface area contributed by atoms with Crippen molar-refractivity contribution in [2.24, 2.45) is 0 Å². The zero-order valence-corrected chi connectivity index (χ0v) is 17.1. The van der Waals surface area contributed by atoms with Crippen LogP contribution < -0.4 is 0 Å². The summed E-state index contributed by atoms with van der Waals surface area (Å²) in [5.74, 6) is 0. The number of nitrogens with zero attached hydrogens (tertiary/aromatic N) is 3. The number of fused-ring (bicyclic) bond motifs is 1. The SMILES string of the molecule is OCCC1CN(Cc2ccc3ccccc3n2)CCN1CCCc1ccccc1. The van der Waals surface area contributed by atoms with E-state index in [4.69, 9.17) is 4.98 Å². The Morgan fingerprint density at radius 3 is 2.62 bits per heavy atom. The van der Waals surface area contributed by atoms with Gasteiger partial charge in [-0.15, -0.1) is 0 Å². The number of rotatable bonds is 8. The van der Waals surface area contributed by atoms with Crippen LogP contribution in [-0.2, 0) is 13.0 Å². The van der Waals surface area contributed by atoms with Gasteiger partial charge in [0.15, 0.2) is 0 Å². The van der Waals surface area contributed by atoms with Crippen molar-refractivity contribution in [3.05, 3.63) is 78.0 Å². The average molecular weight is 390 g/mol. The van der Waals surface area contributed by atoms with Crippen LogP contribution in [0.15, 0.2) is 66.7 Å². The molecule has 1 N–H and O–H groups in total. The topological polar surface area (TPSA) is 39.6 Å². The largest absolute Gasteiger partial charge is 0.396 e. The van der Waals surface area contributed by atoms with Gasteiger partial charge in [0.2, 0.25) is 0 Å². The van der Waals surface area contributed by atoms with Crippen LogP contribution in [-0.4, -0.2) is 58.7 Å². The third-order valence-electron chi connectivity index (χ3n) is 5.95. The summed E-state index contributed by atoms with van der Waals surface area (Å²) in [6, 6.07) is 23.8. The summed E-state index contributed by atoms with van der Waals surface area (Å²) < 4.78 is 0. The third-order valence-corrected chi connectivity index (χ3v) is 5.95. The zero-order chi connectivity index (χ0) is 19.9. The molecule has 0 radical (unpaired) electrons. The van der Waals surface area contributed by atoms with Gasteiger partial charge in [0.1, 0.15) is 0 Å². The molecule has 0 bridgehead atoms. The minimum atomic E-state index is 0.252. The molecule has 29 heavy (non-hydrogen) atoms. The molecule has 1 aliphatic rings. The van der Waals surface area contributed by atoms with Crippen molar-refractivity contribution >= 4 is 10.9 Å². The molecule has 0 aliphatic carbocycles. The Hall–Kier alpha value is -2.27. The second kappa shape index (κ2) is 9.97. The fourth-order valence-electron chi connectivity index (χ4n) is 4.37.